The summed E-state index contributed by atoms with van der Waals surface area (Å²) in [5, 5.41) is 3.48. The first-order valence-electron chi connectivity index (χ1n) is 7.87. The molecule has 1 amide bonds. The van der Waals surface area contributed by atoms with Gasteiger partial charge in [-0.3, -0.25) is 4.79 Å². The summed E-state index contributed by atoms with van der Waals surface area (Å²) in [6.07, 6.45) is 1.97. The molecule has 1 aliphatic rings. The van der Waals surface area contributed by atoms with Gasteiger partial charge in [0.1, 0.15) is 0 Å². The number of carbonyl (C=O) groups is 1. The Labute approximate surface area is 127 Å². The fraction of sp³-hybridized carbons (Fsp3) is 0.588. The first kappa shape index (κ1) is 16.0. The Morgan fingerprint density at radius 2 is 1.95 bits per heavy atom. The second kappa shape index (κ2) is 8.15. The van der Waals surface area contributed by atoms with Gasteiger partial charge in [0.25, 0.3) is 0 Å². The summed E-state index contributed by atoms with van der Waals surface area (Å²) in [4.78, 5) is 14.3. The van der Waals surface area contributed by atoms with E-state index in [9.17, 15) is 4.79 Å². The molecular formula is C17H26N2O2. The third kappa shape index (κ3) is 4.83. The Morgan fingerprint density at radius 1 is 1.29 bits per heavy atom. The van der Waals surface area contributed by atoms with Crippen LogP contribution in [0.5, 0.6) is 0 Å². The number of morpholine rings is 1. The van der Waals surface area contributed by atoms with E-state index in [1.54, 1.807) is 0 Å². The molecule has 2 rings (SSSR count). The zero-order valence-corrected chi connectivity index (χ0v) is 13.0. The van der Waals surface area contributed by atoms with Crippen molar-refractivity contribution in [2.45, 2.75) is 38.8 Å². The number of hydrogen-bond acceptors (Lipinski definition) is 3. The molecule has 21 heavy (non-hydrogen) atoms. The van der Waals surface area contributed by atoms with Crippen LogP contribution < -0.4 is 5.32 Å². The lowest BCUT2D eigenvalue weighted by molar-refractivity contribution is -0.137. The van der Waals surface area contributed by atoms with Gasteiger partial charge in [0, 0.05) is 19.1 Å². The topological polar surface area (TPSA) is 41.6 Å². The van der Waals surface area contributed by atoms with Crippen molar-refractivity contribution in [1.82, 2.24) is 10.2 Å². The van der Waals surface area contributed by atoms with E-state index in [0.717, 1.165) is 12.8 Å². The monoisotopic (exact) mass is 290 g/mol. The summed E-state index contributed by atoms with van der Waals surface area (Å²) in [6, 6.07) is 10.6. The fourth-order valence-corrected chi connectivity index (χ4v) is 2.70. The van der Waals surface area contributed by atoms with Crippen LogP contribution in [0.3, 0.4) is 0 Å². The molecule has 0 aliphatic carbocycles. The van der Waals surface area contributed by atoms with Gasteiger partial charge in [0.2, 0.25) is 5.91 Å². The molecule has 4 nitrogen and oxygen atoms in total. The van der Waals surface area contributed by atoms with Crippen LogP contribution in [0.25, 0.3) is 0 Å². The number of ether oxygens (including phenoxy) is 1. The van der Waals surface area contributed by atoms with Gasteiger partial charge in [-0.15, -0.1) is 0 Å². The van der Waals surface area contributed by atoms with Gasteiger partial charge < -0.3 is 15.0 Å². The normalized spacial score (nSPS) is 18.3. The van der Waals surface area contributed by atoms with Crippen molar-refractivity contribution in [3.8, 4) is 0 Å². The van der Waals surface area contributed by atoms with E-state index in [2.05, 4.69) is 36.5 Å². The molecule has 0 saturated carbocycles. The number of amides is 1. The quantitative estimate of drug-likeness (QED) is 0.869. The minimum atomic E-state index is -0.142. The van der Waals surface area contributed by atoms with Crippen LogP contribution in [-0.4, -0.2) is 49.2 Å². The highest BCUT2D eigenvalue weighted by Crippen LogP contribution is 2.08. The van der Waals surface area contributed by atoms with E-state index in [-0.39, 0.29) is 11.9 Å². The summed E-state index contributed by atoms with van der Waals surface area (Å²) >= 11 is 0. The Hall–Kier alpha value is -1.39. The van der Waals surface area contributed by atoms with Crippen molar-refractivity contribution >= 4 is 5.91 Å². The van der Waals surface area contributed by atoms with E-state index < -0.39 is 0 Å². The van der Waals surface area contributed by atoms with Crippen LogP contribution in [0.1, 0.15) is 25.8 Å². The summed E-state index contributed by atoms with van der Waals surface area (Å²) in [7, 11) is 0. The van der Waals surface area contributed by atoms with Crippen molar-refractivity contribution < 1.29 is 9.53 Å². The van der Waals surface area contributed by atoms with Crippen LogP contribution in [0.15, 0.2) is 30.3 Å². The van der Waals surface area contributed by atoms with Crippen LogP contribution in [0.4, 0.5) is 0 Å². The number of carbonyl (C=O) groups excluding carboxylic acids is 1. The molecule has 0 aromatic heterocycles. The van der Waals surface area contributed by atoms with Crippen molar-refractivity contribution in [2.24, 2.45) is 0 Å². The van der Waals surface area contributed by atoms with Crippen LogP contribution >= 0.6 is 0 Å². The fourth-order valence-electron chi connectivity index (χ4n) is 2.70. The molecule has 1 N–H and O–H groups in total. The first-order valence-corrected chi connectivity index (χ1v) is 7.87. The molecule has 0 spiro atoms. The van der Waals surface area contributed by atoms with Crippen LogP contribution in [0.2, 0.25) is 0 Å². The van der Waals surface area contributed by atoms with Gasteiger partial charge in [0.15, 0.2) is 0 Å². The highest BCUT2D eigenvalue weighted by Gasteiger charge is 2.23. The third-order valence-electron chi connectivity index (χ3n) is 4.00. The summed E-state index contributed by atoms with van der Waals surface area (Å²) in [6.45, 7) is 6.85. The first-order chi connectivity index (χ1) is 10.2. The maximum atomic E-state index is 12.4. The molecule has 0 radical (unpaired) electrons. The van der Waals surface area contributed by atoms with Crippen LogP contribution in [0, 0.1) is 0 Å². The number of nitrogens with zero attached hydrogens (tertiary/aromatic N) is 1. The van der Waals surface area contributed by atoms with Crippen molar-refractivity contribution in [3.05, 3.63) is 35.9 Å². The van der Waals surface area contributed by atoms with Crippen molar-refractivity contribution in [3.63, 3.8) is 0 Å². The predicted molar refractivity (Wildman–Crippen MR) is 84.2 cm³/mol. The zero-order valence-electron chi connectivity index (χ0n) is 13.0. The van der Waals surface area contributed by atoms with Gasteiger partial charge in [0.05, 0.1) is 19.3 Å². The second-order valence-electron chi connectivity index (χ2n) is 5.62. The van der Waals surface area contributed by atoms with Crippen molar-refractivity contribution in [1.29, 1.82) is 0 Å². The molecule has 1 aliphatic heterocycles. The Kier molecular flexibility index (Phi) is 6.21. The number of rotatable bonds is 6. The highest BCUT2D eigenvalue weighted by atomic mass is 16.5. The summed E-state index contributed by atoms with van der Waals surface area (Å²) < 4.78 is 5.30. The van der Waals surface area contributed by atoms with Crippen LogP contribution in [-0.2, 0) is 16.0 Å². The molecule has 2 unspecified atom stereocenters. The van der Waals surface area contributed by atoms with E-state index >= 15 is 0 Å². The summed E-state index contributed by atoms with van der Waals surface area (Å²) in [5.74, 6) is 0.185. The average Bonchev–Trinajstić information content (AvgIpc) is 2.55. The lowest BCUT2D eigenvalue weighted by atomic mass is 10.0. The molecule has 1 fully saturated rings. The maximum absolute atomic E-state index is 12.4. The van der Waals surface area contributed by atoms with Gasteiger partial charge in [-0.2, -0.15) is 0 Å². The van der Waals surface area contributed by atoms with E-state index in [0.29, 0.717) is 32.3 Å². The highest BCUT2D eigenvalue weighted by molar-refractivity contribution is 5.81. The molecule has 0 bridgehead atoms. The van der Waals surface area contributed by atoms with E-state index in [1.807, 2.05) is 17.9 Å². The number of hydrogen-bond donors (Lipinski definition) is 1. The van der Waals surface area contributed by atoms with Gasteiger partial charge in [-0.05, 0) is 25.3 Å². The minimum Gasteiger partial charge on any atom is -0.378 e. The maximum Gasteiger partial charge on any atom is 0.239 e. The van der Waals surface area contributed by atoms with E-state index in [4.69, 9.17) is 4.74 Å². The second-order valence-corrected chi connectivity index (χ2v) is 5.62. The molecule has 4 heteroatoms. The van der Waals surface area contributed by atoms with E-state index in [1.165, 1.54) is 5.56 Å². The van der Waals surface area contributed by atoms with Gasteiger partial charge in [-0.1, -0.05) is 37.3 Å². The number of benzene rings is 1. The predicted octanol–water partition coefficient (Wildman–Crippen LogP) is 1.84. The molecular weight excluding hydrogens is 264 g/mol. The number of nitrogens with one attached hydrogen (secondary N) is 1. The minimum absolute atomic E-state index is 0.142. The lowest BCUT2D eigenvalue weighted by Gasteiger charge is -2.31. The standard InChI is InChI=1S/C17H26N2O2/c1-3-16(13-15-7-5-4-6-8-15)18-14(2)17(20)19-9-11-21-12-10-19/h4-8,14,16,18H,3,9-13H2,1-2H3. The summed E-state index contributed by atoms with van der Waals surface area (Å²) in [5.41, 5.74) is 1.31. The molecule has 116 valence electrons. The Bertz CT molecular complexity index is 430. The SMILES string of the molecule is CCC(Cc1ccccc1)NC(C)C(=O)N1CCOCC1. The zero-order chi connectivity index (χ0) is 15.1. The largest absolute Gasteiger partial charge is 0.378 e. The Morgan fingerprint density at radius 3 is 2.57 bits per heavy atom. The van der Waals surface area contributed by atoms with Gasteiger partial charge >= 0.3 is 0 Å². The molecule has 1 aromatic carbocycles. The molecule has 1 heterocycles. The Balaban J connectivity index is 1.86. The third-order valence-corrected chi connectivity index (χ3v) is 4.00. The molecule has 1 saturated heterocycles. The van der Waals surface area contributed by atoms with Gasteiger partial charge in [-0.25, -0.2) is 0 Å². The lowest BCUT2D eigenvalue weighted by Crippen LogP contribution is -2.51. The smallest absolute Gasteiger partial charge is 0.239 e. The molecule has 1 aromatic rings. The molecule has 2 atom stereocenters. The van der Waals surface area contributed by atoms with Crippen molar-refractivity contribution in [2.75, 3.05) is 26.3 Å². The average molecular weight is 290 g/mol.